The molecule has 2 heteroatoms. The first-order valence-corrected chi connectivity index (χ1v) is 7.18. The molecule has 0 heterocycles. The molecule has 0 N–H and O–H groups in total. The van der Waals surface area contributed by atoms with Crippen molar-refractivity contribution in [3.05, 3.63) is 33.6 Å². The van der Waals surface area contributed by atoms with E-state index in [0.717, 1.165) is 24.7 Å². The fourth-order valence-corrected chi connectivity index (χ4v) is 0.811. The van der Waals surface area contributed by atoms with Crippen LogP contribution < -0.4 is 0 Å². The van der Waals surface area contributed by atoms with Crippen molar-refractivity contribution in [2.24, 2.45) is 17.8 Å². The quantitative estimate of drug-likeness (QED) is 0.470. The molecule has 2 radical (unpaired) electrons. The third-order valence-corrected chi connectivity index (χ3v) is 1.68. The van der Waals surface area contributed by atoms with Crippen molar-refractivity contribution in [2.45, 2.75) is 68.2 Å². The molecule has 0 spiro atoms. The van der Waals surface area contributed by atoms with Gasteiger partial charge in [-0.2, -0.15) is 46.5 Å². The second kappa shape index (κ2) is 37.2. The van der Waals surface area contributed by atoms with E-state index in [9.17, 15) is 0 Å². The molecular formula is C18H39VY-5. The van der Waals surface area contributed by atoms with E-state index in [1.807, 2.05) is 40.5 Å². The van der Waals surface area contributed by atoms with Crippen molar-refractivity contribution in [3.63, 3.8) is 0 Å². The maximum absolute atomic E-state index is 3.84. The molecule has 0 atom stereocenters. The first kappa shape index (κ1) is 37.7. The molecule has 0 fully saturated rings. The van der Waals surface area contributed by atoms with Gasteiger partial charge >= 0.3 is 0 Å². The topological polar surface area (TPSA) is 0 Å². The van der Waals surface area contributed by atoms with Gasteiger partial charge in [-0.05, 0) is 5.92 Å². The Morgan fingerprint density at radius 3 is 0.950 bits per heavy atom. The van der Waals surface area contributed by atoms with E-state index < -0.39 is 0 Å². The standard InChI is InChI=1S/C8H16.C4H9.2C3H7.V.Y/c1-5-8(6-2)7(3)4;1-4(2)3;2*1-3-2;;/h7-8H,1-2,5-6H2,3-4H3;4H,1H2,2-3H3;2*3H,1-2H3;;/q-2;3*-1;;. The SMILES string of the molecule is C[CH-]C.C[CH-]C.[CH2-]C(C)C.[CH2-]CC(C[CH2-])C(C)C.[V].[Y]. The molecule has 0 aliphatic rings. The van der Waals surface area contributed by atoms with E-state index in [1.54, 1.807) is 0 Å². The predicted octanol–water partition coefficient (Wildman–Crippen LogP) is 6.64. The summed E-state index contributed by atoms with van der Waals surface area (Å²) in [4.78, 5) is 0. The summed E-state index contributed by atoms with van der Waals surface area (Å²) < 4.78 is 0. The second-order valence-corrected chi connectivity index (χ2v) is 5.13. The van der Waals surface area contributed by atoms with Crippen molar-refractivity contribution in [1.82, 2.24) is 0 Å². The van der Waals surface area contributed by atoms with Crippen LogP contribution in [0.2, 0.25) is 0 Å². The zero-order chi connectivity index (χ0) is 15.6. The van der Waals surface area contributed by atoms with Crippen LogP contribution >= 0.6 is 0 Å². The van der Waals surface area contributed by atoms with Crippen LogP contribution in [0.4, 0.5) is 0 Å². The molecule has 0 aliphatic carbocycles. The third kappa shape index (κ3) is 73.3. The first-order valence-electron chi connectivity index (χ1n) is 7.18. The molecule has 0 saturated carbocycles. The van der Waals surface area contributed by atoms with E-state index >= 15 is 0 Å². The maximum atomic E-state index is 3.84. The Hall–Kier alpha value is 1.69. The van der Waals surface area contributed by atoms with E-state index in [1.165, 1.54) is 0 Å². The number of rotatable bonds is 3. The average molecular weight is 395 g/mol. The summed E-state index contributed by atoms with van der Waals surface area (Å²) in [6, 6.07) is 0. The Morgan fingerprint density at radius 2 is 0.950 bits per heavy atom. The Labute approximate surface area is 169 Å². The van der Waals surface area contributed by atoms with Gasteiger partial charge in [-0.1, -0.05) is 33.6 Å². The van der Waals surface area contributed by atoms with Gasteiger partial charge in [-0.25, -0.2) is 0 Å². The fourth-order valence-electron chi connectivity index (χ4n) is 0.811. The largest absolute Gasteiger partial charge is 0.343 e. The number of hydrogen-bond donors (Lipinski definition) is 0. The molecule has 0 saturated heterocycles. The van der Waals surface area contributed by atoms with Gasteiger partial charge in [0.1, 0.15) is 0 Å². The molecule has 0 aromatic carbocycles. The van der Waals surface area contributed by atoms with Crippen molar-refractivity contribution in [3.8, 4) is 0 Å². The summed E-state index contributed by atoms with van der Waals surface area (Å²) >= 11 is 0. The van der Waals surface area contributed by atoms with E-state index in [0.29, 0.717) is 5.92 Å². The number of hydrogen-bond acceptors (Lipinski definition) is 0. The van der Waals surface area contributed by atoms with Crippen molar-refractivity contribution in [2.75, 3.05) is 0 Å². The molecule has 124 valence electrons. The molecule has 0 rings (SSSR count). The summed E-state index contributed by atoms with van der Waals surface area (Å²) in [6.07, 6.45) is 6.06. The molecule has 0 bridgehead atoms. The van der Waals surface area contributed by atoms with Crippen LogP contribution in [-0.2, 0) is 51.3 Å². The van der Waals surface area contributed by atoms with Crippen LogP contribution in [0.25, 0.3) is 0 Å². The Bertz CT molecular complexity index is 94.8. The molecule has 0 nitrogen and oxygen atoms in total. The summed E-state index contributed by atoms with van der Waals surface area (Å²) in [7, 11) is 0. The molecule has 0 aromatic rings. The minimum Gasteiger partial charge on any atom is -0.343 e. The van der Waals surface area contributed by atoms with Crippen LogP contribution in [-0.4, -0.2) is 0 Å². The van der Waals surface area contributed by atoms with Gasteiger partial charge < -0.3 is 33.6 Å². The monoisotopic (exact) mass is 395 g/mol. The van der Waals surface area contributed by atoms with Crippen LogP contribution in [0.3, 0.4) is 0 Å². The first-order chi connectivity index (χ1) is 8.28. The van der Waals surface area contributed by atoms with Gasteiger partial charge in [0.2, 0.25) is 0 Å². The van der Waals surface area contributed by atoms with Crippen LogP contribution in [0, 0.1) is 51.4 Å². The van der Waals surface area contributed by atoms with E-state index in [2.05, 4.69) is 48.5 Å². The van der Waals surface area contributed by atoms with Crippen LogP contribution in [0.5, 0.6) is 0 Å². The zero-order valence-electron chi connectivity index (χ0n) is 15.4. The predicted molar refractivity (Wildman–Crippen MR) is 89.8 cm³/mol. The minimum atomic E-state index is 0. The minimum absolute atomic E-state index is 0. The Kier molecular flexibility index (Phi) is 70.1. The van der Waals surface area contributed by atoms with Gasteiger partial charge in [0.05, 0.1) is 0 Å². The van der Waals surface area contributed by atoms with Gasteiger partial charge in [-0.15, -0.1) is 0 Å². The molecule has 0 aromatic heterocycles. The molecular weight excluding hydrogens is 356 g/mol. The van der Waals surface area contributed by atoms with Gasteiger partial charge in [0.15, 0.2) is 0 Å². The fraction of sp³-hybridized carbons (Fsp3) is 0.722. The van der Waals surface area contributed by atoms with Crippen LogP contribution in [0.1, 0.15) is 68.2 Å². The zero-order valence-corrected chi connectivity index (χ0v) is 19.7. The molecule has 0 amide bonds. The summed E-state index contributed by atoms with van der Waals surface area (Å²) in [5, 5.41) is 0. The Morgan fingerprint density at radius 1 is 0.800 bits per heavy atom. The van der Waals surface area contributed by atoms with E-state index in [-0.39, 0.29) is 51.3 Å². The molecule has 0 unspecified atom stereocenters. The summed E-state index contributed by atoms with van der Waals surface area (Å²) in [6.45, 7) is 27.9. The van der Waals surface area contributed by atoms with Gasteiger partial charge in [0, 0.05) is 51.3 Å². The molecule has 0 aliphatic heterocycles. The smallest absolute Gasteiger partial charge is 0 e. The van der Waals surface area contributed by atoms with Gasteiger partial charge in [-0.3, -0.25) is 0 Å². The summed E-state index contributed by atoms with van der Waals surface area (Å²) in [5.74, 6) is 2.07. The van der Waals surface area contributed by atoms with E-state index in [4.69, 9.17) is 0 Å². The van der Waals surface area contributed by atoms with Crippen molar-refractivity contribution >= 4 is 0 Å². The average Bonchev–Trinajstić information content (AvgIpc) is 2.20. The molecule has 20 heavy (non-hydrogen) atoms. The summed E-state index contributed by atoms with van der Waals surface area (Å²) in [5.41, 5.74) is 0. The van der Waals surface area contributed by atoms with Gasteiger partial charge in [0.25, 0.3) is 0 Å². The van der Waals surface area contributed by atoms with Crippen molar-refractivity contribution < 1.29 is 51.3 Å². The van der Waals surface area contributed by atoms with Crippen molar-refractivity contribution in [1.29, 1.82) is 0 Å². The normalized spacial score (nSPS) is 8.10. The second-order valence-electron chi connectivity index (χ2n) is 5.13. The Balaban J connectivity index is -0.0000000352. The third-order valence-electron chi connectivity index (χ3n) is 1.68. The van der Waals surface area contributed by atoms with Crippen LogP contribution in [0.15, 0.2) is 0 Å². The maximum Gasteiger partial charge on any atom is 0 e.